The van der Waals surface area contributed by atoms with Crippen LogP contribution in [0, 0.1) is 17.6 Å². The SMILES string of the molecule is O=C(O)c1ccc2nc(Cc3cc(F)c(-c4cccc(OCc5nnc(OC6CC(C(F)F)C6)s5)n4)cc3F)n(C[C@@H]3CCO3)c2c1. The molecule has 1 saturated heterocycles. The summed E-state index contributed by atoms with van der Waals surface area (Å²) >= 11 is 1.12. The second-order valence-electron chi connectivity index (χ2n) is 11.4. The van der Waals surface area contributed by atoms with Crippen LogP contribution < -0.4 is 9.47 Å². The summed E-state index contributed by atoms with van der Waals surface area (Å²) in [7, 11) is 0. The smallest absolute Gasteiger partial charge is 0.335 e. The fourth-order valence-corrected chi connectivity index (χ4v) is 6.21. The molecule has 7 rings (SSSR count). The van der Waals surface area contributed by atoms with Crippen LogP contribution in [-0.4, -0.2) is 61.0 Å². The minimum absolute atomic E-state index is 0.0154. The zero-order valence-corrected chi connectivity index (χ0v) is 25.4. The number of carboxylic acids is 1. The molecule has 0 bridgehead atoms. The van der Waals surface area contributed by atoms with E-state index in [1.807, 2.05) is 4.57 Å². The van der Waals surface area contributed by atoms with E-state index >= 15 is 8.78 Å². The van der Waals surface area contributed by atoms with Crippen LogP contribution in [-0.2, 0) is 24.3 Å². The number of aromatic nitrogens is 5. The van der Waals surface area contributed by atoms with Crippen molar-refractivity contribution in [1.29, 1.82) is 0 Å². The van der Waals surface area contributed by atoms with Gasteiger partial charge in [0.05, 0.1) is 34.9 Å². The van der Waals surface area contributed by atoms with E-state index in [0.717, 1.165) is 29.9 Å². The Balaban J connectivity index is 1.05. The maximum Gasteiger partial charge on any atom is 0.335 e. The van der Waals surface area contributed by atoms with E-state index in [1.54, 1.807) is 18.2 Å². The standard InChI is InChI=1S/C32H27F4N5O5S/c33-22-13-21(24-2-1-3-28(38-24)45-15-29-39-40-32(47-29)46-20-8-18(9-20)30(35)36)23(34)10-17(22)12-27-37-25-5-4-16(31(42)43)11-26(25)41(27)14-19-6-7-44-19/h1-5,10-11,13,18-20,30H,6-9,12,14-15H2,(H,42,43)/t18?,19-,20?/m0/s1. The van der Waals surface area contributed by atoms with Crippen LogP contribution in [0.1, 0.15) is 46.0 Å². The van der Waals surface area contributed by atoms with Crippen molar-refractivity contribution in [3.8, 4) is 22.3 Å². The number of rotatable bonds is 12. The lowest BCUT2D eigenvalue weighted by Crippen LogP contribution is -2.37. The lowest BCUT2D eigenvalue weighted by atomic mass is 9.83. The van der Waals surface area contributed by atoms with Gasteiger partial charge in [-0.2, -0.15) is 0 Å². The van der Waals surface area contributed by atoms with Crippen molar-refractivity contribution in [2.45, 2.75) is 57.5 Å². The maximum absolute atomic E-state index is 15.5. The molecule has 0 radical (unpaired) electrons. The van der Waals surface area contributed by atoms with E-state index in [1.165, 1.54) is 18.2 Å². The van der Waals surface area contributed by atoms with Gasteiger partial charge in [-0.05, 0) is 61.2 Å². The third-order valence-electron chi connectivity index (χ3n) is 8.28. The Hall–Kier alpha value is -4.63. The van der Waals surface area contributed by atoms with Gasteiger partial charge in [-0.3, -0.25) is 0 Å². The van der Waals surface area contributed by atoms with Crippen LogP contribution in [0.15, 0.2) is 48.5 Å². The first-order valence-electron chi connectivity index (χ1n) is 14.9. The second-order valence-corrected chi connectivity index (χ2v) is 12.5. The van der Waals surface area contributed by atoms with Gasteiger partial charge >= 0.3 is 5.97 Å². The number of fused-ring (bicyclic) bond motifs is 1. The molecule has 47 heavy (non-hydrogen) atoms. The summed E-state index contributed by atoms with van der Waals surface area (Å²) in [5.41, 5.74) is 1.38. The first kappa shape index (κ1) is 31.0. The number of aromatic carboxylic acids is 1. The van der Waals surface area contributed by atoms with Gasteiger partial charge in [0.15, 0.2) is 5.01 Å². The summed E-state index contributed by atoms with van der Waals surface area (Å²) in [5, 5.41) is 18.1. The van der Waals surface area contributed by atoms with E-state index in [2.05, 4.69) is 20.2 Å². The first-order chi connectivity index (χ1) is 22.7. The van der Waals surface area contributed by atoms with Crippen molar-refractivity contribution >= 4 is 28.3 Å². The second kappa shape index (κ2) is 12.9. The number of benzene rings is 2. The zero-order valence-electron chi connectivity index (χ0n) is 24.6. The molecule has 3 aromatic heterocycles. The van der Waals surface area contributed by atoms with E-state index in [9.17, 15) is 18.7 Å². The van der Waals surface area contributed by atoms with Gasteiger partial charge in [0.1, 0.15) is 30.2 Å². The minimum Gasteiger partial charge on any atom is -0.478 e. The predicted molar refractivity (Wildman–Crippen MR) is 161 cm³/mol. The summed E-state index contributed by atoms with van der Waals surface area (Å²) in [6, 6.07) is 11.5. The molecule has 15 heteroatoms. The van der Waals surface area contributed by atoms with Crippen molar-refractivity contribution < 1.29 is 41.7 Å². The van der Waals surface area contributed by atoms with E-state index in [-0.39, 0.29) is 71.5 Å². The molecular weight excluding hydrogens is 642 g/mol. The molecule has 1 atom stereocenters. The summed E-state index contributed by atoms with van der Waals surface area (Å²) in [5.74, 6) is -2.48. The van der Waals surface area contributed by atoms with Gasteiger partial charge in [-0.15, -0.1) is 5.10 Å². The normalized spacial score (nSPS) is 19.0. The Morgan fingerprint density at radius 1 is 1.09 bits per heavy atom. The molecule has 1 saturated carbocycles. The van der Waals surface area contributed by atoms with Gasteiger partial charge in [0.25, 0.3) is 5.19 Å². The highest BCUT2D eigenvalue weighted by Crippen LogP contribution is 2.36. The summed E-state index contributed by atoms with van der Waals surface area (Å²) in [6.07, 6.45) is -1.42. The average molecular weight is 670 g/mol. The summed E-state index contributed by atoms with van der Waals surface area (Å²) in [4.78, 5) is 20.5. The third-order valence-corrected chi connectivity index (χ3v) is 9.07. The highest BCUT2D eigenvalue weighted by atomic mass is 32.1. The number of imidazole rings is 1. The Labute approximate surface area is 269 Å². The molecule has 0 unspecified atom stereocenters. The van der Waals surface area contributed by atoms with E-state index < -0.39 is 29.9 Å². The number of carbonyl (C=O) groups is 1. The topological polar surface area (TPSA) is 121 Å². The molecule has 2 aromatic carbocycles. The molecule has 1 N–H and O–H groups in total. The number of alkyl halides is 2. The molecule has 10 nitrogen and oxygen atoms in total. The Morgan fingerprint density at radius 3 is 2.66 bits per heavy atom. The molecule has 2 aliphatic rings. The zero-order chi connectivity index (χ0) is 32.7. The number of pyridine rings is 1. The molecule has 244 valence electrons. The van der Waals surface area contributed by atoms with E-state index in [0.29, 0.717) is 35.0 Å². The van der Waals surface area contributed by atoms with Crippen LogP contribution >= 0.6 is 11.3 Å². The summed E-state index contributed by atoms with van der Waals surface area (Å²) in [6.45, 7) is 1.01. The first-order valence-corrected chi connectivity index (χ1v) is 15.7. The molecule has 0 amide bonds. The van der Waals surface area contributed by atoms with Gasteiger partial charge in [0.2, 0.25) is 12.3 Å². The van der Waals surface area contributed by atoms with Crippen molar-refractivity contribution in [1.82, 2.24) is 24.7 Å². The molecule has 1 aliphatic heterocycles. The monoisotopic (exact) mass is 669 g/mol. The fourth-order valence-electron chi connectivity index (χ4n) is 5.54. The molecule has 2 fully saturated rings. The average Bonchev–Trinajstić information content (AvgIpc) is 3.60. The maximum atomic E-state index is 15.5. The van der Waals surface area contributed by atoms with Gasteiger partial charge in [-0.25, -0.2) is 32.3 Å². The van der Waals surface area contributed by atoms with Crippen molar-refractivity contribution in [2.75, 3.05) is 6.61 Å². The number of halogens is 4. The van der Waals surface area contributed by atoms with Crippen LogP contribution in [0.4, 0.5) is 17.6 Å². The van der Waals surface area contributed by atoms with Gasteiger partial charge in [0, 0.05) is 30.6 Å². The molecular formula is C32H27F4N5O5S. The molecule has 4 heterocycles. The van der Waals surface area contributed by atoms with Crippen LogP contribution in [0.3, 0.4) is 0 Å². The van der Waals surface area contributed by atoms with Crippen molar-refractivity contribution in [3.63, 3.8) is 0 Å². The van der Waals surface area contributed by atoms with Crippen LogP contribution in [0.5, 0.6) is 11.1 Å². The number of nitrogens with zero attached hydrogens (tertiary/aromatic N) is 5. The van der Waals surface area contributed by atoms with Crippen LogP contribution in [0.2, 0.25) is 0 Å². The number of ether oxygens (including phenoxy) is 3. The van der Waals surface area contributed by atoms with Crippen molar-refractivity contribution in [2.24, 2.45) is 5.92 Å². The van der Waals surface area contributed by atoms with Gasteiger partial charge < -0.3 is 23.9 Å². The number of hydrogen-bond acceptors (Lipinski definition) is 9. The van der Waals surface area contributed by atoms with Crippen molar-refractivity contribution in [3.05, 3.63) is 82.1 Å². The lowest BCUT2D eigenvalue weighted by Gasteiger charge is -2.33. The largest absolute Gasteiger partial charge is 0.478 e. The quantitative estimate of drug-likeness (QED) is 0.152. The molecule has 1 aliphatic carbocycles. The Kier molecular flexibility index (Phi) is 8.49. The Morgan fingerprint density at radius 2 is 1.91 bits per heavy atom. The predicted octanol–water partition coefficient (Wildman–Crippen LogP) is 6.31. The Bertz CT molecular complexity index is 1940. The highest BCUT2D eigenvalue weighted by molar-refractivity contribution is 7.13. The van der Waals surface area contributed by atoms with Crippen LogP contribution in [0.25, 0.3) is 22.3 Å². The lowest BCUT2D eigenvalue weighted by molar-refractivity contribution is -0.0589. The van der Waals surface area contributed by atoms with Gasteiger partial charge in [-0.1, -0.05) is 22.5 Å². The molecule has 5 aromatic rings. The molecule has 0 spiro atoms. The minimum atomic E-state index is -2.36. The highest BCUT2D eigenvalue weighted by Gasteiger charge is 2.37. The fraction of sp³-hybridized carbons (Fsp3) is 0.344. The van der Waals surface area contributed by atoms with E-state index in [4.69, 9.17) is 14.2 Å². The number of hydrogen-bond donors (Lipinski definition) is 1. The summed E-state index contributed by atoms with van der Waals surface area (Å²) < 4.78 is 75.1. The third kappa shape index (κ3) is 6.63. The number of carboxylic acid groups (broad SMARTS) is 1.